The lowest BCUT2D eigenvalue weighted by Gasteiger charge is -2.24. The summed E-state index contributed by atoms with van der Waals surface area (Å²) in [6.07, 6.45) is 0.971. The fraction of sp³-hybridized carbons (Fsp3) is 0.400. The molecule has 23 heavy (non-hydrogen) atoms. The third-order valence-electron chi connectivity index (χ3n) is 3.68. The minimum absolute atomic E-state index is 0.131. The predicted molar refractivity (Wildman–Crippen MR) is 76.2 cm³/mol. The average Bonchev–Trinajstić information content (AvgIpc) is 2.56. The van der Waals surface area contributed by atoms with Crippen LogP contribution in [0.5, 0.6) is 11.6 Å². The van der Waals surface area contributed by atoms with E-state index in [0.29, 0.717) is 11.8 Å². The summed E-state index contributed by atoms with van der Waals surface area (Å²) < 4.78 is 43.0. The number of rotatable bonds is 3. The molecule has 2 aromatic rings. The van der Waals surface area contributed by atoms with Gasteiger partial charge in [-0.25, -0.2) is 15.0 Å². The molecule has 0 radical (unpaired) electrons. The van der Waals surface area contributed by atoms with E-state index in [9.17, 15) is 13.2 Å². The number of aromatic nitrogens is 3. The Balaban J connectivity index is 1.80. The van der Waals surface area contributed by atoms with Crippen LogP contribution in [-0.2, 0) is 6.18 Å². The quantitative estimate of drug-likeness (QED) is 0.940. The number of hydrogen-bond acceptors (Lipinski definition) is 5. The van der Waals surface area contributed by atoms with Gasteiger partial charge in [0.1, 0.15) is 0 Å². The van der Waals surface area contributed by atoms with Gasteiger partial charge < -0.3 is 10.1 Å². The van der Waals surface area contributed by atoms with E-state index in [1.165, 1.54) is 0 Å². The highest BCUT2D eigenvalue weighted by Crippen LogP contribution is 2.33. The van der Waals surface area contributed by atoms with Gasteiger partial charge in [-0.2, -0.15) is 13.2 Å². The molecule has 8 heteroatoms. The number of pyridine rings is 1. The average molecular weight is 324 g/mol. The molecular weight excluding hydrogens is 309 g/mol. The molecule has 0 unspecified atom stereocenters. The molecule has 0 aromatic carbocycles. The Morgan fingerprint density at radius 2 is 1.78 bits per heavy atom. The van der Waals surface area contributed by atoms with Crippen LogP contribution >= 0.6 is 0 Å². The maximum atomic E-state index is 12.5. The van der Waals surface area contributed by atoms with Crippen LogP contribution in [0.2, 0.25) is 0 Å². The largest absolute Gasteiger partial charge is 0.451 e. The van der Waals surface area contributed by atoms with Crippen LogP contribution in [0.3, 0.4) is 0 Å². The topological polar surface area (TPSA) is 59.9 Å². The van der Waals surface area contributed by atoms with Crippen LogP contribution in [0.15, 0.2) is 30.7 Å². The fourth-order valence-corrected chi connectivity index (χ4v) is 2.56. The van der Waals surface area contributed by atoms with E-state index in [0.717, 1.165) is 43.9 Å². The molecule has 0 amide bonds. The Kier molecular flexibility index (Phi) is 4.42. The van der Waals surface area contributed by atoms with Crippen molar-refractivity contribution >= 4 is 0 Å². The highest BCUT2D eigenvalue weighted by Gasteiger charge is 2.34. The summed E-state index contributed by atoms with van der Waals surface area (Å²) in [5, 5.41) is 3.29. The van der Waals surface area contributed by atoms with Gasteiger partial charge in [0.05, 0.1) is 12.4 Å². The van der Waals surface area contributed by atoms with Gasteiger partial charge in [-0.05, 0) is 37.9 Å². The van der Waals surface area contributed by atoms with Crippen molar-refractivity contribution in [1.82, 2.24) is 20.3 Å². The molecule has 2 aromatic heterocycles. The van der Waals surface area contributed by atoms with Crippen molar-refractivity contribution in [2.24, 2.45) is 0 Å². The first-order valence-electron chi connectivity index (χ1n) is 7.27. The number of alkyl halides is 3. The summed E-state index contributed by atoms with van der Waals surface area (Å²) >= 11 is 0. The van der Waals surface area contributed by atoms with Crippen LogP contribution < -0.4 is 10.1 Å². The van der Waals surface area contributed by atoms with Crippen molar-refractivity contribution in [3.63, 3.8) is 0 Å². The molecular formula is C15H15F3N4O. The number of piperidine rings is 1. The summed E-state index contributed by atoms with van der Waals surface area (Å²) in [4.78, 5) is 10.8. The summed E-state index contributed by atoms with van der Waals surface area (Å²) in [6, 6.07) is 3.76. The molecule has 1 aliphatic rings. The second-order valence-electron chi connectivity index (χ2n) is 5.26. The SMILES string of the molecule is FC(F)(F)c1ncc(Oc2ncccc2C2CCNCC2)cn1. The van der Waals surface area contributed by atoms with E-state index < -0.39 is 12.0 Å². The highest BCUT2D eigenvalue weighted by molar-refractivity contribution is 5.33. The van der Waals surface area contributed by atoms with E-state index in [4.69, 9.17) is 4.74 Å². The summed E-state index contributed by atoms with van der Waals surface area (Å²) in [5.41, 5.74) is 0.953. The monoisotopic (exact) mass is 324 g/mol. The minimum atomic E-state index is -4.57. The molecule has 5 nitrogen and oxygen atoms in total. The van der Waals surface area contributed by atoms with E-state index in [-0.39, 0.29) is 5.75 Å². The third-order valence-corrected chi connectivity index (χ3v) is 3.68. The smallest absolute Gasteiger partial charge is 0.435 e. The Hall–Kier alpha value is -2.22. The predicted octanol–water partition coefficient (Wildman–Crippen LogP) is 3.15. The molecule has 3 rings (SSSR count). The molecule has 1 saturated heterocycles. The van der Waals surface area contributed by atoms with E-state index in [2.05, 4.69) is 20.3 Å². The second-order valence-corrected chi connectivity index (χ2v) is 5.26. The Morgan fingerprint density at radius 1 is 1.09 bits per heavy atom. The van der Waals surface area contributed by atoms with Gasteiger partial charge in [-0.15, -0.1) is 0 Å². The normalized spacial score (nSPS) is 16.3. The second kappa shape index (κ2) is 6.49. The van der Waals surface area contributed by atoms with Crippen molar-refractivity contribution in [3.8, 4) is 11.6 Å². The zero-order chi connectivity index (χ0) is 16.3. The Bertz CT molecular complexity index is 655. The van der Waals surface area contributed by atoms with Crippen molar-refractivity contribution in [2.75, 3.05) is 13.1 Å². The van der Waals surface area contributed by atoms with Gasteiger partial charge in [0.2, 0.25) is 11.7 Å². The molecule has 3 heterocycles. The zero-order valence-corrected chi connectivity index (χ0v) is 12.2. The van der Waals surface area contributed by atoms with Crippen LogP contribution in [0, 0.1) is 0 Å². The Labute approximate surface area is 130 Å². The summed E-state index contributed by atoms with van der Waals surface area (Å²) in [5.74, 6) is -0.352. The lowest BCUT2D eigenvalue weighted by molar-refractivity contribution is -0.145. The summed E-state index contributed by atoms with van der Waals surface area (Å²) in [7, 11) is 0. The van der Waals surface area contributed by atoms with E-state index in [1.54, 1.807) is 6.20 Å². The van der Waals surface area contributed by atoms with Crippen molar-refractivity contribution < 1.29 is 17.9 Å². The first-order valence-corrected chi connectivity index (χ1v) is 7.27. The maximum Gasteiger partial charge on any atom is 0.451 e. The number of nitrogens with zero attached hydrogens (tertiary/aromatic N) is 3. The summed E-state index contributed by atoms with van der Waals surface area (Å²) in [6.45, 7) is 1.84. The number of halogens is 3. The van der Waals surface area contributed by atoms with Crippen molar-refractivity contribution in [1.29, 1.82) is 0 Å². The van der Waals surface area contributed by atoms with Crippen LogP contribution in [0.1, 0.15) is 30.1 Å². The molecule has 1 fully saturated rings. The van der Waals surface area contributed by atoms with Crippen molar-refractivity contribution in [3.05, 3.63) is 42.1 Å². The molecule has 122 valence electrons. The van der Waals surface area contributed by atoms with Gasteiger partial charge in [0.15, 0.2) is 5.75 Å². The Morgan fingerprint density at radius 3 is 2.43 bits per heavy atom. The zero-order valence-electron chi connectivity index (χ0n) is 12.2. The molecule has 1 aliphatic heterocycles. The van der Waals surface area contributed by atoms with Gasteiger partial charge >= 0.3 is 6.18 Å². The van der Waals surface area contributed by atoms with Gasteiger partial charge in [0.25, 0.3) is 0 Å². The van der Waals surface area contributed by atoms with Crippen LogP contribution in [0.4, 0.5) is 13.2 Å². The fourth-order valence-electron chi connectivity index (χ4n) is 2.56. The number of ether oxygens (including phenoxy) is 1. The van der Waals surface area contributed by atoms with E-state index >= 15 is 0 Å². The number of nitrogens with one attached hydrogen (secondary N) is 1. The maximum absolute atomic E-state index is 12.5. The first-order chi connectivity index (χ1) is 11.0. The van der Waals surface area contributed by atoms with Crippen LogP contribution in [-0.4, -0.2) is 28.0 Å². The molecule has 0 spiro atoms. The van der Waals surface area contributed by atoms with Crippen molar-refractivity contribution in [2.45, 2.75) is 24.9 Å². The minimum Gasteiger partial charge on any atom is -0.435 e. The lowest BCUT2D eigenvalue weighted by Crippen LogP contribution is -2.26. The first kappa shape index (κ1) is 15.7. The molecule has 0 saturated carbocycles. The van der Waals surface area contributed by atoms with Gasteiger partial charge in [-0.3, -0.25) is 0 Å². The highest BCUT2D eigenvalue weighted by atomic mass is 19.4. The standard InChI is InChI=1S/C15H15F3N4O/c16-15(17,18)14-21-8-11(9-22-14)23-13-12(2-1-5-20-13)10-3-6-19-7-4-10/h1-2,5,8-10,19H,3-4,6-7H2. The van der Waals surface area contributed by atoms with Gasteiger partial charge in [0, 0.05) is 11.8 Å². The van der Waals surface area contributed by atoms with Crippen LogP contribution in [0.25, 0.3) is 0 Å². The van der Waals surface area contributed by atoms with Gasteiger partial charge in [-0.1, -0.05) is 6.07 Å². The molecule has 1 N–H and O–H groups in total. The molecule has 0 bridgehead atoms. The molecule has 0 aliphatic carbocycles. The lowest BCUT2D eigenvalue weighted by atomic mass is 9.91. The third kappa shape index (κ3) is 3.76. The van der Waals surface area contributed by atoms with E-state index in [1.807, 2.05) is 12.1 Å². The molecule has 0 atom stereocenters. The number of hydrogen-bond donors (Lipinski definition) is 1.